The molecule has 0 aliphatic carbocycles. The van der Waals surface area contributed by atoms with Crippen LogP contribution >= 0.6 is 11.3 Å². The number of thiazole rings is 1. The number of hydrogen-bond donors (Lipinski definition) is 2. The van der Waals surface area contributed by atoms with E-state index in [-0.39, 0.29) is 0 Å². The molecule has 80 valence electrons. The SMILES string of the molecule is CCC(C)(O)CNCc1csc(C)n1. The van der Waals surface area contributed by atoms with Gasteiger partial charge in [0, 0.05) is 18.5 Å². The molecule has 0 aliphatic rings. The van der Waals surface area contributed by atoms with Crippen molar-refractivity contribution in [1.82, 2.24) is 10.3 Å². The zero-order chi connectivity index (χ0) is 10.6. The molecule has 0 fully saturated rings. The van der Waals surface area contributed by atoms with E-state index in [0.717, 1.165) is 23.7 Å². The van der Waals surface area contributed by atoms with E-state index in [1.807, 2.05) is 26.2 Å². The lowest BCUT2D eigenvalue weighted by molar-refractivity contribution is 0.0555. The average molecular weight is 214 g/mol. The predicted molar refractivity (Wildman–Crippen MR) is 59.5 cm³/mol. The quantitative estimate of drug-likeness (QED) is 0.784. The van der Waals surface area contributed by atoms with Gasteiger partial charge in [0.2, 0.25) is 0 Å². The van der Waals surface area contributed by atoms with E-state index in [0.29, 0.717) is 6.54 Å². The second-order valence-corrected chi connectivity index (χ2v) is 4.87. The molecule has 0 bridgehead atoms. The first-order valence-electron chi connectivity index (χ1n) is 4.87. The maximum absolute atomic E-state index is 9.73. The van der Waals surface area contributed by atoms with Crippen LogP contribution in [0.5, 0.6) is 0 Å². The Morgan fingerprint density at radius 1 is 1.64 bits per heavy atom. The van der Waals surface area contributed by atoms with E-state index in [1.165, 1.54) is 0 Å². The van der Waals surface area contributed by atoms with Crippen molar-refractivity contribution in [2.75, 3.05) is 6.54 Å². The number of nitrogens with one attached hydrogen (secondary N) is 1. The molecule has 2 N–H and O–H groups in total. The Balaban J connectivity index is 2.28. The first kappa shape index (κ1) is 11.6. The fraction of sp³-hybridized carbons (Fsp3) is 0.700. The molecule has 0 aromatic carbocycles. The van der Waals surface area contributed by atoms with Crippen molar-refractivity contribution >= 4 is 11.3 Å². The van der Waals surface area contributed by atoms with E-state index in [2.05, 4.69) is 10.3 Å². The monoisotopic (exact) mass is 214 g/mol. The maximum Gasteiger partial charge on any atom is 0.0897 e. The van der Waals surface area contributed by atoms with Crippen molar-refractivity contribution in [1.29, 1.82) is 0 Å². The van der Waals surface area contributed by atoms with Crippen LogP contribution in [0, 0.1) is 6.92 Å². The molecular weight excluding hydrogens is 196 g/mol. The van der Waals surface area contributed by atoms with Crippen molar-refractivity contribution in [2.24, 2.45) is 0 Å². The van der Waals surface area contributed by atoms with Gasteiger partial charge in [-0.1, -0.05) is 6.92 Å². The van der Waals surface area contributed by atoms with Crippen molar-refractivity contribution in [3.8, 4) is 0 Å². The second-order valence-electron chi connectivity index (χ2n) is 3.81. The summed E-state index contributed by atoms with van der Waals surface area (Å²) in [5.41, 5.74) is 0.449. The van der Waals surface area contributed by atoms with E-state index < -0.39 is 5.60 Å². The smallest absolute Gasteiger partial charge is 0.0897 e. The molecule has 1 heterocycles. The summed E-state index contributed by atoms with van der Waals surface area (Å²) < 4.78 is 0. The van der Waals surface area contributed by atoms with Crippen molar-refractivity contribution in [2.45, 2.75) is 39.3 Å². The number of hydrogen-bond acceptors (Lipinski definition) is 4. The van der Waals surface area contributed by atoms with Crippen LogP contribution in [0.3, 0.4) is 0 Å². The number of nitrogens with zero attached hydrogens (tertiary/aromatic N) is 1. The summed E-state index contributed by atoms with van der Waals surface area (Å²) in [6, 6.07) is 0. The lowest BCUT2D eigenvalue weighted by Gasteiger charge is -2.21. The van der Waals surface area contributed by atoms with Gasteiger partial charge >= 0.3 is 0 Å². The first-order valence-corrected chi connectivity index (χ1v) is 5.75. The summed E-state index contributed by atoms with van der Waals surface area (Å²) in [6.07, 6.45) is 0.760. The summed E-state index contributed by atoms with van der Waals surface area (Å²) in [6.45, 7) is 7.16. The Morgan fingerprint density at radius 3 is 2.86 bits per heavy atom. The van der Waals surface area contributed by atoms with E-state index in [4.69, 9.17) is 0 Å². The highest BCUT2D eigenvalue weighted by Crippen LogP contribution is 2.09. The Labute approximate surface area is 89.2 Å². The zero-order valence-electron chi connectivity index (χ0n) is 9.00. The molecule has 0 saturated heterocycles. The molecule has 4 heteroatoms. The molecule has 1 aromatic rings. The van der Waals surface area contributed by atoms with E-state index in [1.54, 1.807) is 11.3 Å². The minimum Gasteiger partial charge on any atom is -0.389 e. The second kappa shape index (κ2) is 4.87. The highest BCUT2D eigenvalue weighted by Gasteiger charge is 2.16. The van der Waals surface area contributed by atoms with Crippen molar-refractivity contribution < 1.29 is 5.11 Å². The third kappa shape index (κ3) is 3.74. The summed E-state index contributed by atoms with van der Waals surface area (Å²) in [7, 11) is 0. The van der Waals surface area contributed by atoms with Crippen molar-refractivity contribution in [3.63, 3.8) is 0 Å². The Hall–Kier alpha value is -0.450. The Morgan fingerprint density at radius 2 is 2.36 bits per heavy atom. The lowest BCUT2D eigenvalue weighted by Crippen LogP contribution is -2.36. The molecule has 1 atom stereocenters. The summed E-state index contributed by atoms with van der Waals surface area (Å²) in [4.78, 5) is 4.33. The van der Waals surface area contributed by atoms with Gasteiger partial charge < -0.3 is 10.4 Å². The van der Waals surface area contributed by atoms with E-state index >= 15 is 0 Å². The molecule has 1 aromatic heterocycles. The summed E-state index contributed by atoms with van der Waals surface area (Å²) in [5, 5.41) is 16.1. The van der Waals surface area contributed by atoms with Crippen LogP contribution in [0.15, 0.2) is 5.38 Å². The van der Waals surface area contributed by atoms with Crippen LogP contribution < -0.4 is 5.32 Å². The van der Waals surface area contributed by atoms with Gasteiger partial charge in [0.25, 0.3) is 0 Å². The normalized spacial score (nSPS) is 15.4. The van der Waals surface area contributed by atoms with Crippen LogP contribution in [-0.4, -0.2) is 22.2 Å². The third-order valence-electron chi connectivity index (χ3n) is 2.24. The number of rotatable bonds is 5. The molecule has 1 rings (SSSR count). The van der Waals surface area contributed by atoms with Crippen LogP contribution in [0.2, 0.25) is 0 Å². The molecule has 0 spiro atoms. The topological polar surface area (TPSA) is 45.1 Å². The highest BCUT2D eigenvalue weighted by atomic mass is 32.1. The van der Waals surface area contributed by atoms with Gasteiger partial charge in [-0.15, -0.1) is 11.3 Å². The van der Waals surface area contributed by atoms with Crippen LogP contribution in [0.1, 0.15) is 31.0 Å². The minimum absolute atomic E-state index is 0.606. The summed E-state index contributed by atoms with van der Waals surface area (Å²) in [5.74, 6) is 0. The third-order valence-corrected chi connectivity index (χ3v) is 3.06. The molecule has 3 nitrogen and oxygen atoms in total. The number of aliphatic hydroxyl groups is 1. The molecule has 0 saturated carbocycles. The lowest BCUT2D eigenvalue weighted by atomic mass is 10.0. The molecule has 0 radical (unpaired) electrons. The first-order chi connectivity index (χ1) is 6.53. The highest BCUT2D eigenvalue weighted by molar-refractivity contribution is 7.09. The van der Waals surface area contributed by atoms with Gasteiger partial charge in [0.15, 0.2) is 0 Å². The van der Waals surface area contributed by atoms with Gasteiger partial charge in [-0.2, -0.15) is 0 Å². The predicted octanol–water partition coefficient (Wildman–Crippen LogP) is 1.70. The molecule has 0 amide bonds. The average Bonchev–Trinajstić information content (AvgIpc) is 2.51. The summed E-state index contributed by atoms with van der Waals surface area (Å²) >= 11 is 1.65. The molecule has 1 unspecified atom stereocenters. The van der Waals surface area contributed by atoms with Gasteiger partial charge in [-0.05, 0) is 20.3 Å². The number of aryl methyl sites for hydroxylation is 1. The zero-order valence-corrected chi connectivity index (χ0v) is 9.82. The fourth-order valence-corrected chi connectivity index (χ4v) is 1.69. The minimum atomic E-state index is -0.606. The standard InChI is InChI=1S/C10H18N2OS/c1-4-10(3,13)7-11-5-9-6-14-8(2)12-9/h6,11,13H,4-5,7H2,1-3H3. The number of aromatic nitrogens is 1. The van der Waals surface area contributed by atoms with Gasteiger partial charge in [-0.3, -0.25) is 0 Å². The van der Waals surface area contributed by atoms with Gasteiger partial charge in [0.1, 0.15) is 0 Å². The van der Waals surface area contributed by atoms with Crippen LogP contribution in [-0.2, 0) is 6.54 Å². The maximum atomic E-state index is 9.73. The largest absolute Gasteiger partial charge is 0.389 e. The molecule has 14 heavy (non-hydrogen) atoms. The Kier molecular flexibility index (Phi) is 4.04. The fourth-order valence-electron chi connectivity index (χ4n) is 1.07. The van der Waals surface area contributed by atoms with Gasteiger partial charge in [-0.25, -0.2) is 4.98 Å². The molecule has 0 aliphatic heterocycles. The van der Waals surface area contributed by atoms with E-state index in [9.17, 15) is 5.11 Å². The van der Waals surface area contributed by atoms with Crippen LogP contribution in [0.25, 0.3) is 0 Å². The Bertz CT molecular complexity index is 283. The van der Waals surface area contributed by atoms with Crippen molar-refractivity contribution in [3.05, 3.63) is 16.1 Å². The van der Waals surface area contributed by atoms with Crippen LogP contribution in [0.4, 0.5) is 0 Å². The van der Waals surface area contributed by atoms with Gasteiger partial charge in [0.05, 0.1) is 16.3 Å². The molecular formula is C10H18N2OS.